The molecular formula is C17H19NO4S. The Morgan fingerprint density at radius 3 is 2.22 bits per heavy atom. The van der Waals surface area contributed by atoms with Crippen LogP contribution < -0.4 is 4.72 Å². The average molecular weight is 333 g/mol. The Morgan fingerprint density at radius 1 is 1.04 bits per heavy atom. The summed E-state index contributed by atoms with van der Waals surface area (Å²) < 4.78 is 32.2. The van der Waals surface area contributed by atoms with Gasteiger partial charge in [0.2, 0.25) is 0 Å². The van der Waals surface area contributed by atoms with Crippen molar-refractivity contribution >= 4 is 21.7 Å². The van der Waals surface area contributed by atoms with Crippen molar-refractivity contribution < 1.29 is 17.9 Å². The van der Waals surface area contributed by atoms with Gasteiger partial charge >= 0.3 is 5.97 Å². The van der Waals surface area contributed by atoms with Crippen molar-refractivity contribution in [3.8, 4) is 0 Å². The standard InChI is InChI=1S/C17H19NO4S/c1-12(2)15-6-4-5-7-16(15)18-23(20,21)14-10-8-13(9-11-14)17(19)22-3/h4-12,18H,1-3H3. The zero-order valence-corrected chi connectivity index (χ0v) is 14.1. The Labute approximate surface area is 136 Å². The normalized spacial score (nSPS) is 11.3. The van der Waals surface area contributed by atoms with Gasteiger partial charge in [0.15, 0.2) is 0 Å². The van der Waals surface area contributed by atoms with E-state index in [1.807, 2.05) is 26.0 Å². The van der Waals surface area contributed by atoms with Crippen LogP contribution in [-0.2, 0) is 14.8 Å². The number of anilines is 1. The molecule has 6 heteroatoms. The number of hydrogen-bond donors (Lipinski definition) is 1. The molecule has 0 fully saturated rings. The number of carbonyl (C=O) groups is 1. The van der Waals surface area contributed by atoms with Crippen LogP contribution in [0.2, 0.25) is 0 Å². The van der Waals surface area contributed by atoms with E-state index in [4.69, 9.17) is 0 Å². The number of benzene rings is 2. The fraction of sp³-hybridized carbons (Fsp3) is 0.235. The second kappa shape index (κ2) is 6.83. The van der Waals surface area contributed by atoms with Crippen LogP contribution in [0.15, 0.2) is 53.4 Å². The largest absolute Gasteiger partial charge is 0.465 e. The molecule has 122 valence electrons. The number of esters is 1. The van der Waals surface area contributed by atoms with Crippen LogP contribution in [0.5, 0.6) is 0 Å². The summed E-state index contributed by atoms with van der Waals surface area (Å²) in [4.78, 5) is 11.5. The van der Waals surface area contributed by atoms with Crippen molar-refractivity contribution in [2.24, 2.45) is 0 Å². The second-order valence-electron chi connectivity index (χ2n) is 5.36. The maximum atomic E-state index is 12.5. The van der Waals surface area contributed by atoms with Crippen LogP contribution >= 0.6 is 0 Å². The van der Waals surface area contributed by atoms with Crippen molar-refractivity contribution in [3.63, 3.8) is 0 Å². The predicted octanol–water partition coefficient (Wildman–Crippen LogP) is 3.40. The molecule has 0 amide bonds. The Hall–Kier alpha value is -2.34. The van der Waals surface area contributed by atoms with Gasteiger partial charge in [0, 0.05) is 0 Å². The maximum Gasteiger partial charge on any atom is 0.337 e. The van der Waals surface area contributed by atoms with Crippen molar-refractivity contribution in [2.45, 2.75) is 24.7 Å². The topological polar surface area (TPSA) is 72.5 Å². The molecule has 0 bridgehead atoms. The first kappa shape index (κ1) is 17.0. The first-order valence-corrected chi connectivity index (χ1v) is 8.63. The average Bonchev–Trinajstić information content (AvgIpc) is 2.54. The summed E-state index contributed by atoms with van der Waals surface area (Å²) in [6, 6.07) is 12.9. The van der Waals surface area contributed by atoms with E-state index in [9.17, 15) is 13.2 Å². The number of sulfonamides is 1. The van der Waals surface area contributed by atoms with Crippen LogP contribution in [0, 0.1) is 0 Å². The lowest BCUT2D eigenvalue weighted by Gasteiger charge is -2.15. The highest BCUT2D eigenvalue weighted by Crippen LogP contribution is 2.26. The van der Waals surface area contributed by atoms with E-state index in [0.717, 1.165) is 5.56 Å². The van der Waals surface area contributed by atoms with Gasteiger partial charge < -0.3 is 4.74 Å². The molecule has 0 radical (unpaired) electrons. The monoisotopic (exact) mass is 333 g/mol. The maximum absolute atomic E-state index is 12.5. The molecule has 0 saturated heterocycles. The molecule has 0 saturated carbocycles. The van der Waals surface area contributed by atoms with Crippen LogP contribution in [0.25, 0.3) is 0 Å². The molecule has 5 nitrogen and oxygen atoms in total. The SMILES string of the molecule is COC(=O)c1ccc(S(=O)(=O)Nc2ccccc2C(C)C)cc1. The molecule has 2 aromatic rings. The van der Waals surface area contributed by atoms with Gasteiger partial charge in [-0.1, -0.05) is 32.0 Å². The Bertz CT molecular complexity index is 796. The quantitative estimate of drug-likeness (QED) is 0.851. The Morgan fingerprint density at radius 2 is 1.65 bits per heavy atom. The van der Waals surface area contributed by atoms with Crippen LogP contribution in [-0.4, -0.2) is 21.5 Å². The summed E-state index contributed by atoms with van der Waals surface area (Å²) in [7, 11) is -2.45. The zero-order valence-electron chi connectivity index (χ0n) is 13.2. The predicted molar refractivity (Wildman–Crippen MR) is 89.1 cm³/mol. The zero-order chi connectivity index (χ0) is 17.0. The molecule has 0 unspecified atom stereocenters. The van der Waals surface area contributed by atoms with Crippen molar-refractivity contribution in [1.29, 1.82) is 0 Å². The molecule has 0 atom stereocenters. The van der Waals surface area contributed by atoms with E-state index in [1.165, 1.54) is 31.4 Å². The molecule has 0 heterocycles. The molecule has 0 aromatic heterocycles. The third-order valence-electron chi connectivity index (χ3n) is 3.41. The highest BCUT2D eigenvalue weighted by atomic mass is 32.2. The minimum Gasteiger partial charge on any atom is -0.465 e. The smallest absolute Gasteiger partial charge is 0.337 e. The van der Waals surface area contributed by atoms with Gasteiger partial charge in [0.05, 0.1) is 23.3 Å². The molecule has 2 rings (SSSR count). The summed E-state index contributed by atoms with van der Waals surface area (Å²) in [5, 5.41) is 0. The molecule has 1 N–H and O–H groups in total. The molecule has 0 aliphatic heterocycles. The summed E-state index contributed by atoms with van der Waals surface area (Å²) >= 11 is 0. The van der Waals surface area contributed by atoms with E-state index in [0.29, 0.717) is 11.3 Å². The van der Waals surface area contributed by atoms with Gasteiger partial charge in [-0.05, 0) is 41.8 Å². The minimum atomic E-state index is -3.72. The fourth-order valence-electron chi connectivity index (χ4n) is 2.19. The second-order valence-corrected chi connectivity index (χ2v) is 7.05. The Kier molecular flexibility index (Phi) is 5.05. The summed E-state index contributed by atoms with van der Waals surface area (Å²) in [6.07, 6.45) is 0. The van der Waals surface area contributed by atoms with Gasteiger partial charge in [-0.15, -0.1) is 0 Å². The van der Waals surface area contributed by atoms with Gasteiger partial charge in [0.1, 0.15) is 0 Å². The van der Waals surface area contributed by atoms with Gasteiger partial charge in [-0.3, -0.25) is 4.72 Å². The minimum absolute atomic E-state index is 0.0868. The summed E-state index contributed by atoms with van der Waals surface area (Å²) in [6.45, 7) is 4.00. The van der Waals surface area contributed by atoms with Gasteiger partial charge in [-0.25, -0.2) is 13.2 Å². The third kappa shape index (κ3) is 3.90. The third-order valence-corrected chi connectivity index (χ3v) is 4.79. The number of para-hydroxylation sites is 1. The van der Waals surface area contributed by atoms with Crippen molar-refractivity contribution in [1.82, 2.24) is 0 Å². The van der Waals surface area contributed by atoms with E-state index in [1.54, 1.807) is 12.1 Å². The van der Waals surface area contributed by atoms with Crippen molar-refractivity contribution in [2.75, 3.05) is 11.8 Å². The lowest BCUT2D eigenvalue weighted by atomic mass is 10.0. The number of nitrogens with one attached hydrogen (secondary N) is 1. The van der Waals surface area contributed by atoms with E-state index >= 15 is 0 Å². The molecule has 2 aromatic carbocycles. The fourth-order valence-corrected chi connectivity index (χ4v) is 3.27. The van der Waals surface area contributed by atoms with Crippen LogP contribution in [0.1, 0.15) is 35.7 Å². The number of ether oxygens (including phenoxy) is 1. The van der Waals surface area contributed by atoms with E-state index < -0.39 is 16.0 Å². The van der Waals surface area contributed by atoms with Crippen LogP contribution in [0.3, 0.4) is 0 Å². The highest BCUT2D eigenvalue weighted by molar-refractivity contribution is 7.92. The van der Waals surface area contributed by atoms with Crippen LogP contribution in [0.4, 0.5) is 5.69 Å². The molecule has 23 heavy (non-hydrogen) atoms. The van der Waals surface area contributed by atoms with Gasteiger partial charge in [0.25, 0.3) is 10.0 Å². The van der Waals surface area contributed by atoms with E-state index in [-0.39, 0.29) is 10.8 Å². The molecule has 0 aliphatic rings. The van der Waals surface area contributed by atoms with E-state index in [2.05, 4.69) is 9.46 Å². The Balaban J connectivity index is 2.31. The number of rotatable bonds is 5. The summed E-state index contributed by atoms with van der Waals surface area (Å²) in [5.41, 5.74) is 1.77. The lowest BCUT2D eigenvalue weighted by molar-refractivity contribution is 0.0600. The number of hydrogen-bond acceptors (Lipinski definition) is 4. The summed E-state index contributed by atoms with van der Waals surface area (Å²) in [5.74, 6) is -0.317. The first-order valence-electron chi connectivity index (χ1n) is 7.15. The van der Waals surface area contributed by atoms with Crippen molar-refractivity contribution in [3.05, 3.63) is 59.7 Å². The molecular weight excluding hydrogens is 314 g/mol. The first-order chi connectivity index (χ1) is 10.8. The lowest BCUT2D eigenvalue weighted by Crippen LogP contribution is -2.15. The molecule has 0 spiro atoms. The number of methoxy groups -OCH3 is 1. The highest BCUT2D eigenvalue weighted by Gasteiger charge is 2.17. The molecule has 0 aliphatic carbocycles. The van der Waals surface area contributed by atoms with Gasteiger partial charge in [-0.2, -0.15) is 0 Å². The number of carbonyl (C=O) groups excluding carboxylic acids is 1.